The smallest absolute Gasteiger partial charge is 0.234 e. The van der Waals surface area contributed by atoms with Crippen LogP contribution < -0.4 is 14.7 Å². The molecule has 6 aromatic rings. The van der Waals surface area contributed by atoms with Crippen molar-refractivity contribution < 1.29 is 9.59 Å². The van der Waals surface area contributed by atoms with Crippen LogP contribution in [0, 0.1) is 53.8 Å². The van der Waals surface area contributed by atoms with Crippen molar-refractivity contribution in [2.24, 2.45) is 16.2 Å². The Hall–Kier alpha value is -7.16. The number of benzene rings is 3. The molecule has 1 unspecified atom stereocenters. The highest BCUT2D eigenvalue weighted by Crippen LogP contribution is 2.26. The minimum Gasteiger partial charge on any atom is -0.352 e. The molecule has 0 N–H and O–H groups in total. The lowest BCUT2D eigenvalue weighted by Crippen LogP contribution is -2.33. The van der Waals surface area contributed by atoms with E-state index in [1.165, 1.54) is 9.13 Å². The molecule has 0 saturated carbocycles. The number of aldehydes is 2. The van der Waals surface area contributed by atoms with Crippen molar-refractivity contribution in [2.75, 3.05) is 34.3 Å². The first kappa shape index (κ1) is 57.4. The fraction of sp³-hybridized carbons (Fsp3) is 0.386. The highest BCUT2D eigenvalue weighted by molar-refractivity contribution is 14.1. The van der Waals surface area contributed by atoms with Crippen LogP contribution in [-0.2, 0) is 35.6 Å². The molecule has 0 aliphatic heterocycles. The van der Waals surface area contributed by atoms with Crippen LogP contribution in [0.15, 0.2) is 110 Å². The summed E-state index contributed by atoms with van der Waals surface area (Å²) in [6.45, 7) is 26.1. The van der Waals surface area contributed by atoms with E-state index in [1.54, 1.807) is 18.6 Å². The van der Waals surface area contributed by atoms with Crippen molar-refractivity contribution in [1.29, 1.82) is 15.8 Å². The number of halogens is 1. The van der Waals surface area contributed by atoms with Gasteiger partial charge in [0.25, 0.3) is 0 Å². The molecular weight excluding hydrogens is 1010 g/mol. The Balaban J connectivity index is 0.000000235. The number of carbonyl (C=O) groups excluding carboxylic acids is 2. The molecule has 15 heteroatoms. The Labute approximate surface area is 440 Å². The fourth-order valence-corrected chi connectivity index (χ4v) is 7.76. The van der Waals surface area contributed by atoms with Gasteiger partial charge in [-0.2, -0.15) is 15.8 Å². The lowest BCUT2D eigenvalue weighted by Gasteiger charge is -2.31. The molecule has 3 aromatic carbocycles. The predicted octanol–water partition coefficient (Wildman–Crippen LogP) is 11.2. The van der Waals surface area contributed by atoms with E-state index in [0.717, 1.165) is 84.9 Å². The first-order valence-electron chi connectivity index (χ1n) is 23.8. The Kier molecular flexibility index (Phi) is 21.9. The Morgan fingerprint density at radius 2 is 0.833 bits per heavy atom. The number of hydrogen-bond acceptors (Lipinski definition) is 14. The Morgan fingerprint density at radius 1 is 0.514 bits per heavy atom. The lowest BCUT2D eigenvalue weighted by molar-refractivity contribution is -0.109. The topological polar surface area (TPSA) is 193 Å². The average Bonchev–Trinajstić information content (AvgIpc) is 3.35. The normalized spacial score (nSPS) is 11.4. The predicted molar refractivity (Wildman–Crippen MR) is 293 cm³/mol. The highest BCUT2D eigenvalue weighted by Gasteiger charge is 2.22. The van der Waals surface area contributed by atoms with Gasteiger partial charge in [0.1, 0.15) is 48.2 Å². The molecule has 1 atom stereocenters. The van der Waals surface area contributed by atoms with Gasteiger partial charge >= 0.3 is 0 Å². The molecule has 14 nitrogen and oxygen atoms in total. The maximum absolute atomic E-state index is 10.9. The molecule has 0 radical (unpaired) electrons. The van der Waals surface area contributed by atoms with Crippen molar-refractivity contribution in [3.05, 3.63) is 158 Å². The number of aromatic nitrogens is 6. The van der Waals surface area contributed by atoms with E-state index in [1.807, 2.05) is 67.6 Å². The van der Waals surface area contributed by atoms with E-state index >= 15 is 0 Å². The molecule has 0 amide bonds. The van der Waals surface area contributed by atoms with Gasteiger partial charge in [-0.05, 0) is 103 Å². The second-order valence-electron chi connectivity index (χ2n) is 21.1. The molecule has 374 valence electrons. The van der Waals surface area contributed by atoms with Gasteiger partial charge in [-0.1, -0.05) is 130 Å². The zero-order valence-corrected chi connectivity index (χ0v) is 45.5. The first-order valence-corrected chi connectivity index (χ1v) is 24.9. The monoisotopic (exact) mass is 1080 g/mol. The second-order valence-corrected chi connectivity index (χ2v) is 22.4. The SMILES string of the molecule is CC(C)(C)CN(Cc1ccc(CCC=O)cc1)c1ccnc(C#N)n1.CC(C)(C)CN(Cc1ccc(I)cc1)c1ccnc(C#N)n1.CC(C=O)c1ccc(CN(CC(C)(C)C)c2ccnc(C#N)n2)cc1. The molecule has 0 saturated heterocycles. The van der Waals surface area contributed by atoms with E-state index in [9.17, 15) is 9.59 Å². The van der Waals surface area contributed by atoms with Crippen molar-refractivity contribution in [3.63, 3.8) is 0 Å². The highest BCUT2D eigenvalue weighted by atomic mass is 127. The summed E-state index contributed by atoms with van der Waals surface area (Å²) in [5.41, 5.74) is 5.97. The molecular formula is C57H67IN12O2. The summed E-state index contributed by atoms with van der Waals surface area (Å²) in [4.78, 5) is 52.8. The van der Waals surface area contributed by atoms with Crippen LogP contribution in [0.5, 0.6) is 0 Å². The van der Waals surface area contributed by atoms with Gasteiger partial charge in [0.05, 0.1) is 0 Å². The maximum atomic E-state index is 10.9. The van der Waals surface area contributed by atoms with Crippen molar-refractivity contribution in [2.45, 2.75) is 108 Å². The zero-order valence-electron chi connectivity index (χ0n) is 43.3. The number of aryl methyl sites for hydroxylation is 1. The minimum atomic E-state index is -0.0974. The lowest BCUT2D eigenvalue weighted by atomic mass is 9.95. The van der Waals surface area contributed by atoms with Crippen LogP contribution in [0.3, 0.4) is 0 Å². The number of rotatable bonds is 17. The molecule has 3 heterocycles. The molecule has 0 spiro atoms. The second kappa shape index (κ2) is 27.4. The van der Waals surface area contributed by atoms with Gasteiger partial charge in [-0.15, -0.1) is 0 Å². The van der Waals surface area contributed by atoms with Crippen LogP contribution in [0.1, 0.15) is 127 Å². The van der Waals surface area contributed by atoms with Gasteiger partial charge in [0, 0.05) is 73.8 Å². The van der Waals surface area contributed by atoms with E-state index in [2.05, 4.69) is 178 Å². The summed E-state index contributed by atoms with van der Waals surface area (Å²) in [7, 11) is 0. The van der Waals surface area contributed by atoms with E-state index in [-0.39, 0.29) is 39.6 Å². The fourth-order valence-electron chi connectivity index (χ4n) is 7.40. The molecule has 3 aromatic heterocycles. The summed E-state index contributed by atoms with van der Waals surface area (Å²) in [6.07, 6.45) is 8.10. The van der Waals surface area contributed by atoms with Crippen molar-refractivity contribution in [3.8, 4) is 18.2 Å². The number of carbonyl (C=O) groups is 2. The average molecular weight is 1080 g/mol. The first-order chi connectivity index (χ1) is 34.1. The van der Waals surface area contributed by atoms with E-state index in [4.69, 9.17) is 15.8 Å². The molecule has 72 heavy (non-hydrogen) atoms. The molecule has 0 bridgehead atoms. The van der Waals surface area contributed by atoms with Crippen LogP contribution >= 0.6 is 22.6 Å². The zero-order chi connectivity index (χ0) is 52.9. The van der Waals surface area contributed by atoms with E-state index in [0.29, 0.717) is 19.5 Å². The third kappa shape index (κ3) is 20.7. The summed E-state index contributed by atoms with van der Waals surface area (Å²) >= 11 is 2.30. The van der Waals surface area contributed by atoms with Crippen molar-refractivity contribution >= 4 is 52.6 Å². The summed E-state index contributed by atoms with van der Waals surface area (Å²) in [5.74, 6) is 2.75. The third-order valence-electron chi connectivity index (χ3n) is 10.5. The summed E-state index contributed by atoms with van der Waals surface area (Å²) < 4.78 is 1.22. The summed E-state index contributed by atoms with van der Waals surface area (Å²) in [5, 5.41) is 27.1. The van der Waals surface area contributed by atoms with Crippen LogP contribution in [0.2, 0.25) is 0 Å². The van der Waals surface area contributed by atoms with Crippen LogP contribution in [0.25, 0.3) is 0 Å². The molecule has 0 fully saturated rings. The van der Waals surface area contributed by atoms with Gasteiger partial charge in [-0.3, -0.25) is 0 Å². The number of nitrogens with zero attached hydrogens (tertiary/aromatic N) is 12. The number of anilines is 3. The van der Waals surface area contributed by atoms with Crippen LogP contribution in [-0.4, -0.2) is 62.1 Å². The van der Waals surface area contributed by atoms with Gasteiger partial charge in [0.2, 0.25) is 17.5 Å². The number of hydrogen-bond donors (Lipinski definition) is 0. The number of nitriles is 3. The molecule has 6 rings (SSSR count). The third-order valence-corrected chi connectivity index (χ3v) is 11.2. The minimum absolute atomic E-state index is 0.0731. The van der Waals surface area contributed by atoms with Gasteiger partial charge in [0.15, 0.2) is 0 Å². The molecule has 0 aliphatic rings. The van der Waals surface area contributed by atoms with E-state index < -0.39 is 0 Å². The van der Waals surface area contributed by atoms with Crippen molar-refractivity contribution in [1.82, 2.24) is 29.9 Å². The van der Waals surface area contributed by atoms with Crippen LogP contribution in [0.4, 0.5) is 17.5 Å². The standard InChI is InChI=1S/2C20H24N4O.C17H19IN4/c1-15(13-25)17-7-5-16(6-8-17)12-24(14-20(2,3)4)19-9-10-22-18(11-21)23-19;1-20(2,3)15-24(19-10-11-22-18(13-21)23-19)14-17-8-6-16(7-9-17)5-4-12-25;1-17(2,3)12-22(11-13-4-6-14(18)7-5-13)16-8-9-20-15(10-19)21-16/h5-10,13,15H,12,14H2,1-4H3;6-12H,4-5,14-15H2,1-3H3;4-9H,11-12H2,1-3H3. The Bertz CT molecular complexity index is 2780. The Morgan fingerprint density at radius 3 is 1.14 bits per heavy atom. The largest absolute Gasteiger partial charge is 0.352 e. The molecule has 0 aliphatic carbocycles. The maximum Gasteiger partial charge on any atom is 0.234 e. The quantitative estimate of drug-likeness (QED) is 0.0618. The van der Waals surface area contributed by atoms with Gasteiger partial charge < -0.3 is 24.3 Å². The van der Waals surface area contributed by atoms with Gasteiger partial charge in [-0.25, -0.2) is 29.9 Å². The summed E-state index contributed by atoms with van der Waals surface area (Å²) in [6, 6.07) is 36.3.